The van der Waals surface area contributed by atoms with Gasteiger partial charge in [-0.05, 0) is 24.3 Å². The summed E-state index contributed by atoms with van der Waals surface area (Å²) in [5.74, 6) is 1.75. The van der Waals surface area contributed by atoms with Crippen molar-refractivity contribution >= 4 is 22.9 Å². The number of nitrogens with zero attached hydrogens (tertiary/aromatic N) is 5. The van der Waals surface area contributed by atoms with E-state index < -0.39 is 0 Å². The summed E-state index contributed by atoms with van der Waals surface area (Å²) in [6, 6.07) is 14.1. The summed E-state index contributed by atoms with van der Waals surface area (Å²) in [5, 5.41) is 0. The number of rotatable bonds is 2. The number of benzene rings is 1. The fourth-order valence-electron chi connectivity index (χ4n) is 3.35. The van der Waals surface area contributed by atoms with E-state index >= 15 is 0 Å². The summed E-state index contributed by atoms with van der Waals surface area (Å²) >= 11 is 0. The van der Waals surface area contributed by atoms with Crippen LogP contribution in [0.4, 0.5) is 10.6 Å². The number of imidazole rings is 1. The average molecular weight is 351 g/mol. The lowest BCUT2D eigenvalue weighted by Crippen LogP contribution is -2.49. The minimum atomic E-state index is -0.272. The van der Waals surface area contributed by atoms with Crippen molar-refractivity contribution in [1.82, 2.24) is 19.4 Å². The Hall–Kier alpha value is -3.09. The maximum absolute atomic E-state index is 11.6. The third-order valence-electron chi connectivity index (χ3n) is 4.79. The Kier molecular flexibility index (Phi) is 4.20. The summed E-state index contributed by atoms with van der Waals surface area (Å²) < 4.78 is 6.86. The molecule has 3 heterocycles. The number of methoxy groups -OCH3 is 1. The van der Waals surface area contributed by atoms with Crippen LogP contribution in [-0.4, -0.2) is 58.8 Å². The van der Waals surface area contributed by atoms with Gasteiger partial charge in [-0.25, -0.2) is 14.8 Å². The third kappa shape index (κ3) is 2.85. The van der Waals surface area contributed by atoms with Crippen LogP contribution >= 0.6 is 0 Å². The topological polar surface area (TPSA) is 63.5 Å². The molecule has 1 aromatic carbocycles. The maximum Gasteiger partial charge on any atom is 0.409 e. The van der Waals surface area contributed by atoms with Gasteiger partial charge in [0.1, 0.15) is 11.5 Å². The highest BCUT2D eigenvalue weighted by atomic mass is 16.5. The molecule has 3 aromatic rings. The lowest BCUT2D eigenvalue weighted by molar-refractivity contribution is 0.121. The smallest absolute Gasteiger partial charge is 0.409 e. The van der Waals surface area contributed by atoms with Crippen LogP contribution in [0.2, 0.25) is 0 Å². The predicted molar refractivity (Wildman–Crippen MR) is 100 cm³/mol. The highest BCUT2D eigenvalue weighted by molar-refractivity contribution is 5.80. The van der Waals surface area contributed by atoms with Crippen LogP contribution in [0.3, 0.4) is 0 Å². The number of anilines is 1. The predicted octanol–water partition coefficient (Wildman–Crippen LogP) is 2.52. The lowest BCUT2D eigenvalue weighted by Gasteiger charge is -2.34. The number of fused-ring (bicyclic) bond motifs is 1. The molecule has 134 valence electrons. The molecule has 1 aliphatic rings. The van der Waals surface area contributed by atoms with Crippen LogP contribution < -0.4 is 4.90 Å². The molecular weight excluding hydrogens is 330 g/mol. The molecule has 0 saturated carbocycles. The van der Waals surface area contributed by atoms with Gasteiger partial charge in [-0.15, -0.1) is 0 Å². The zero-order valence-corrected chi connectivity index (χ0v) is 14.9. The highest BCUT2D eigenvalue weighted by Gasteiger charge is 2.22. The molecule has 0 aliphatic carbocycles. The molecule has 0 unspecified atom stereocenters. The van der Waals surface area contributed by atoms with Crippen molar-refractivity contribution in [3.63, 3.8) is 0 Å². The second kappa shape index (κ2) is 6.67. The van der Waals surface area contributed by atoms with Crippen LogP contribution in [0.25, 0.3) is 22.6 Å². The first kappa shape index (κ1) is 16.4. The Labute approximate surface area is 151 Å². The zero-order chi connectivity index (χ0) is 18.1. The normalized spacial score (nSPS) is 14.7. The minimum absolute atomic E-state index is 0.272. The van der Waals surface area contributed by atoms with Gasteiger partial charge in [-0.1, -0.05) is 18.2 Å². The molecule has 1 saturated heterocycles. The summed E-state index contributed by atoms with van der Waals surface area (Å²) in [7, 11) is 3.42. The first-order chi connectivity index (χ1) is 12.7. The van der Waals surface area contributed by atoms with Gasteiger partial charge in [0.05, 0.1) is 18.1 Å². The summed E-state index contributed by atoms with van der Waals surface area (Å²) in [6.45, 7) is 2.72. The first-order valence-corrected chi connectivity index (χ1v) is 8.64. The molecule has 0 bridgehead atoms. The van der Waals surface area contributed by atoms with Crippen LogP contribution in [0.5, 0.6) is 0 Å². The second-order valence-corrected chi connectivity index (χ2v) is 6.31. The van der Waals surface area contributed by atoms with E-state index in [1.165, 1.54) is 7.11 Å². The van der Waals surface area contributed by atoms with E-state index in [-0.39, 0.29) is 6.09 Å². The Morgan fingerprint density at radius 3 is 2.50 bits per heavy atom. The quantitative estimate of drug-likeness (QED) is 0.710. The van der Waals surface area contributed by atoms with Crippen LogP contribution in [-0.2, 0) is 11.8 Å². The molecule has 1 amide bonds. The highest BCUT2D eigenvalue weighted by Crippen LogP contribution is 2.24. The Balaban J connectivity index is 1.59. The maximum atomic E-state index is 11.6. The second-order valence-electron chi connectivity index (χ2n) is 6.31. The van der Waals surface area contributed by atoms with E-state index in [0.717, 1.165) is 41.5 Å². The van der Waals surface area contributed by atoms with Crippen molar-refractivity contribution in [1.29, 1.82) is 0 Å². The van der Waals surface area contributed by atoms with E-state index in [1.54, 1.807) is 4.90 Å². The molecule has 0 radical (unpaired) electrons. The summed E-state index contributed by atoms with van der Waals surface area (Å²) in [5.41, 5.74) is 2.89. The van der Waals surface area contributed by atoms with Gasteiger partial charge in [-0.2, -0.15) is 0 Å². The average Bonchev–Trinajstić information content (AvgIpc) is 3.04. The Morgan fingerprint density at radius 2 is 1.77 bits per heavy atom. The SMILES string of the molecule is COC(=O)N1CCN(c2cccc(-c3nc4ccccc4n3C)n2)CC1. The fourth-order valence-corrected chi connectivity index (χ4v) is 3.35. The molecule has 7 nitrogen and oxygen atoms in total. The Bertz CT molecular complexity index is 944. The molecule has 0 atom stereocenters. The van der Waals surface area contributed by atoms with Crippen LogP contribution in [0.15, 0.2) is 42.5 Å². The molecule has 2 aromatic heterocycles. The van der Waals surface area contributed by atoms with Crippen LogP contribution in [0, 0.1) is 0 Å². The molecule has 26 heavy (non-hydrogen) atoms. The van der Waals surface area contributed by atoms with Crippen LogP contribution in [0.1, 0.15) is 0 Å². The van der Waals surface area contributed by atoms with Gasteiger partial charge in [0, 0.05) is 33.2 Å². The molecule has 7 heteroatoms. The number of para-hydroxylation sites is 2. The number of ether oxygens (including phenoxy) is 1. The first-order valence-electron chi connectivity index (χ1n) is 8.64. The number of hydrogen-bond donors (Lipinski definition) is 0. The van der Waals surface area contributed by atoms with Crippen molar-refractivity contribution in [3.05, 3.63) is 42.5 Å². The Morgan fingerprint density at radius 1 is 1.00 bits per heavy atom. The van der Waals surface area contributed by atoms with Crippen molar-refractivity contribution in [2.75, 3.05) is 38.2 Å². The molecule has 0 spiro atoms. The number of carbonyl (C=O) groups excluding carboxylic acids is 1. The number of aryl methyl sites for hydroxylation is 1. The summed E-state index contributed by atoms with van der Waals surface area (Å²) in [4.78, 5) is 25.1. The minimum Gasteiger partial charge on any atom is -0.453 e. The molecule has 0 N–H and O–H groups in total. The zero-order valence-electron chi connectivity index (χ0n) is 14.9. The largest absolute Gasteiger partial charge is 0.453 e. The summed E-state index contributed by atoms with van der Waals surface area (Å²) in [6.07, 6.45) is -0.272. The van der Waals surface area contributed by atoms with Crippen molar-refractivity contribution in [3.8, 4) is 11.5 Å². The molecule has 1 fully saturated rings. The van der Waals surface area contributed by atoms with Crippen molar-refractivity contribution in [2.45, 2.75) is 0 Å². The molecule has 1 aliphatic heterocycles. The fraction of sp³-hybridized carbons (Fsp3) is 0.316. The monoisotopic (exact) mass is 351 g/mol. The number of carbonyl (C=O) groups is 1. The van der Waals surface area contributed by atoms with E-state index in [2.05, 4.69) is 15.5 Å². The van der Waals surface area contributed by atoms with E-state index in [0.29, 0.717) is 13.1 Å². The lowest BCUT2D eigenvalue weighted by atomic mass is 10.3. The number of amides is 1. The van der Waals surface area contributed by atoms with E-state index in [1.807, 2.05) is 43.4 Å². The number of piperazine rings is 1. The molecular formula is C19H21N5O2. The third-order valence-corrected chi connectivity index (χ3v) is 4.79. The van der Waals surface area contributed by atoms with Gasteiger partial charge >= 0.3 is 6.09 Å². The van der Waals surface area contributed by atoms with Gasteiger partial charge in [0.2, 0.25) is 0 Å². The van der Waals surface area contributed by atoms with Crippen molar-refractivity contribution in [2.24, 2.45) is 7.05 Å². The van der Waals surface area contributed by atoms with E-state index in [9.17, 15) is 4.79 Å². The number of pyridine rings is 1. The van der Waals surface area contributed by atoms with Gasteiger partial charge in [0.15, 0.2) is 5.82 Å². The van der Waals surface area contributed by atoms with Gasteiger partial charge < -0.3 is 19.1 Å². The number of hydrogen-bond acceptors (Lipinski definition) is 5. The number of aromatic nitrogens is 3. The molecule has 4 rings (SSSR count). The van der Waals surface area contributed by atoms with E-state index in [4.69, 9.17) is 14.7 Å². The van der Waals surface area contributed by atoms with Crippen molar-refractivity contribution < 1.29 is 9.53 Å². The van der Waals surface area contributed by atoms with Gasteiger partial charge in [0.25, 0.3) is 0 Å². The van der Waals surface area contributed by atoms with Gasteiger partial charge in [-0.3, -0.25) is 0 Å². The standard InChI is InChI=1S/C19H21N5O2/c1-22-16-8-4-3-6-14(16)21-18(22)15-7-5-9-17(20-15)23-10-12-24(13-11-23)19(25)26-2/h3-9H,10-13H2,1-2H3.